The molecule has 1 heterocycles. The standard InChI is InChI=1S/C11H11N3O2/c1-7-10(6-12-11(16)13-7)14-8-3-2-4-9(15)5-8/h2-6,14-15H,1H3,(H,12,13,16). The van der Waals surface area contributed by atoms with Gasteiger partial charge in [-0.25, -0.2) is 4.79 Å². The maximum atomic E-state index is 10.9. The summed E-state index contributed by atoms with van der Waals surface area (Å²) in [6.07, 6.45) is 1.46. The van der Waals surface area contributed by atoms with E-state index in [-0.39, 0.29) is 11.4 Å². The number of H-pyrrole nitrogens is 1. The van der Waals surface area contributed by atoms with Crippen LogP contribution in [0.15, 0.2) is 35.3 Å². The first kappa shape index (κ1) is 10.2. The minimum absolute atomic E-state index is 0.181. The van der Waals surface area contributed by atoms with Crippen molar-refractivity contribution in [3.8, 4) is 5.75 Å². The number of phenolic OH excluding ortho intramolecular Hbond substituents is 1. The number of hydrogen-bond donors (Lipinski definition) is 3. The zero-order valence-electron chi connectivity index (χ0n) is 8.69. The van der Waals surface area contributed by atoms with E-state index in [9.17, 15) is 9.90 Å². The van der Waals surface area contributed by atoms with Crippen LogP contribution in [-0.4, -0.2) is 15.1 Å². The first-order valence-electron chi connectivity index (χ1n) is 4.77. The van der Waals surface area contributed by atoms with Gasteiger partial charge in [-0.05, 0) is 19.1 Å². The molecule has 5 nitrogen and oxygen atoms in total. The molecule has 82 valence electrons. The van der Waals surface area contributed by atoms with Crippen LogP contribution >= 0.6 is 0 Å². The van der Waals surface area contributed by atoms with Crippen molar-refractivity contribution in [2.45, 2.75) is 6.92 Å². The summed E-state index contributed by atoms with van der Waals surface area (Å²) in [5, 5.41) is 12.3. The Balaban J connectivity index is 2.30. The zero-order chi connectivity index (χ0) is 11.5. The van der Waals surface area contributed by atoms with E-state index in [1.807, 2.05) is 6.07 Å². The van der Waals surface area contributed by atoms with E-state index in [1.165, 1.54) is 6.20 Å². The van der Waals surface area contributed by atoms with Crippen LogP contribution in [0.4, 0.5) is 11.4 Å². The van der Waals surface area contributed by atoms with Crippen LogP contribution in [-0.2, 0) is 0 Å². The Morgan fingerprint density at radius 1 is 1.44 bits per heavy atom. The number of hydrogen-bond acceptors (Lipinski definition) is 4. The Labute approximate surface area is 91.8 Å². The third kappa shape index (κ3) is 2.20. The number of aryl methyl sites for hydroxylation is 1. The zero-order valence-corrected chi connectivity index (χ0v) is 8.69. The van der Waals surface area contributed by atoms with Gasteiger partial charge in [0.25, 0.3) is 0 Å². The molecule has 0 radical (unpaired) electrons. The fraction of sp³-hybridized carbons (Fsp3) is 0.0909. The average molecular weight is 217 g/mol. The number of nitrogens with one attached hydrogen (secondary N) is 2. The molecule has 0 saturated carbocycles. The van der Waals surface area contributed by atoms with Crippen molar-refractivity contribution in [3.63, 3.8) is 0 Å². The van der Waals surface area contributed by atoms with Gasteiger partial charge in [-0.2, -0.15) is 4.98 Å². The van der Waals surface area contributed by atoms with Crippen molar-refractivity contribution in [1.29, 1.82) is 0 Å². The number of phenols is 1. The molecule has 1 aromatic carbocycles. The van der Waals surface area contributed by atoms with Gasteiger partial charge in [-0.15, -0.1) is 0 Å². The van der Waals surface area contributed by atoms with Crippen molar-refractivity contribution in [2.75, 3.05) is 5.32 Å². The van der Waals surface area contributed by atoms with E-state index in [0.717, 1.165) is 5.69 Å². The molecule has 0 aliphatic carbocycles. The van der Waals surface area contributed by atoms with Gasteiger partial charge in [0.05, 0.1) is 11.9 Å². The summed E-state index contributed by atoms with van der Waals surface area (Å²) in [5.74, 6) is 0.181. The molecule has 16 heavy (non-hydrogen) atoms. The highest BCUT2D eigenvalue weighted by Crippen LogP contribution is 2.20. The second-order valence-electron chi connectivity index (χ2n) is 3.40. The van der Waals surface area contributed by atoms with Gasteiger partial charge in [0.1, 0.15) is 5.75 Å². The van der Waals surface area contributed by atoms with Crippen LogP contribution in [0.25, 0.3) is 0 Å². The summed E-state index contributed by atoms with van der Waals surface area (Å²) in [4.78, 5) is 17.1. The predicted octanol–water partition coefficient (Wildman–Crippen LogP) is 1.53. The Morgan fingerprint density at radius 2 is 2.25 bits per heavy atom. The SMILES string of the molecule is Cc1[nH]c(=O)ncc1Nc1cccc(O)c1. The molecular weight excluding hydrogens is 206 g/mol. The summed E-state index contributed by atoms with van der Waals surface area (Å²) in [5.41, 5.74) is 1.75. The van der Waals surface area contributed by atoms with Crippen molar-refractivity contribution in [3.05, 3.63) is 46.6 Å². The van der Waals surface area contributed by atoms with Crippen molar-refractivity contribution < 1.29 is 5.11 Å². The number of rotatable bonds is 2. The molecular formula is C11H11N3O2. The molecule has 2 aromatic rings. The molecule has 0 amide bonds. The summed E-state index contributed by atoms with van der Waals surface area (Å²) in [7, 11) is 0. The predicted molar refractivity (Wildman–Crippen MR) is 61.0 cm³/mol. The number of anilines is 2. The smallest absolute Gasteiger partial charge is 0.345 e. The summed E-state index contributed by atoms with van der Waals surface area (Å²) in [6.45, 7) is 1.77. The van der Waals surface area contributed by atoms with Crippen LogP contribution in [0.1, 0.15) is 5.69 Å². The minimum atomic E-state index is -0.376. The number of aromatic amines is 1. The maximum absolute atomic E-state index is 10.9. The van der Waals surface area contributed by atoms with Gasteiger partial charge < -0.3 is 15.4 Å². The average Bonchev–Trinajstić information content (AvgIpc) is 2.22. The van der Waals surface area contributed by atoms with E-state index in [2.05, 4.69) is 15.3 Å². The van der Waals surface area contributed by atoms with Crippen molar-refractivity contribution in [1.82, 2.24) is 9.97 Å². The van der Waals surface area contributed by atoms with E-state index < -0.39 is 0 Å². The normalized spacial score (nSPS) is 10.1. The maximum Gasteiger partial charge on any atom is 0.345 e. The highest BCUT2D eigenvalue weighted by molar-refractivity contribution is 5.61. The lowest BCUT2D eigenvalue weighted by Gasteiger charge is -2.08. The molecule has 0 atom stereocenters. The quantitative estimate of drug-likeness (QED) is 0.712. The lowest BCUT2D eigenvalue weighted by molar-refractivity contribution is 0.475. The lowest BCUT2D eigenvalue weighted by atomic mass is 10.3. The third-order valence-electron chi connectivity index (χ3n) is 2.13. The molecule has 3 N–H and O–H groups in total. The highest BCUT2D eigenvalue weighted by atomic mass is 16.3. The van der Waals surface area contributed by atoms with E-state index in [4.69, 9.17) is 0 Å². The fourth-order valence-electron chi connectivity index (χ4n) is 1.35. The molecule has 0 aliphatic rings. The molecule has 5 heteroatoms. The fourth-order valence-corrected chi connectivity index (χ4v) is 1.35. The summed E-state index contributed by atoms with van der Waals surface area (Å²) >= 11 is 0. The van der Waals surface area contributed by atoms with Gasteiger partial charge >= 0.3 is 5.69 Å². The Kier molecular flexibility index (Phi) is 2.59. The number of aromatic nitrogens is 2. The Hall–Kier alpha value is -2.30. The third-order valence-corrected chi connectivity index (χ3v) is 2.13. The topological polar surface area (TPSA) is 78.0 Å². The van der Waals surface area contributed by atoms with Gasteiger partial charge in [0.2, 0.25) is 0 Å². The van der Waals surface area contributed by atoms with Crippen molar-refractivity contribution >= 4 is 11.4 Å². The first-order valence-corrected chi connectivity index (χ1v) is 4.77. The number of nitrogens with zero attached hydrogens (tertiary/aromatic N) is 1. The van der Waals surface area contributed by atoms with Crippen molar-refractivity contribution in [2.24, 2.45) is 0 Å². The van der Waals surface area contributed by atoms with Crippen LogP contribution < -0.4 is 11.0 Å². The largest absolute Gasteiger partial charge is 0.508 e. The van der Waals surface area contributed by atoms with Crippen LogP contribution in [0.2, 0.25) is 0 Å². The molecule has 2 rings (SSSR count). The van der Waals surface area contributed by atoms with E-state index >= 15 is 0 Å². The molecule has 0 spiro atoms. The minimum Gasteiger partial charge on any atom is -0.508 e. The van der Waals surface area contributed by atoms with Gasteiger partial charge in [-0.1, -0.05) is 6.07 Å². The lowest BCUT2D eigenvalue weighted by Crippen LogP contribution is -2.12. The van der Waals surface area contributed by atoms with Crippen LogP contribution in [0.5, 0.6) is 5.75 Å². The molecule has 1 aromatic heterocycles. The van der Waals surface area contributed by atoms with Crippen LogP contribution in [0, 0.1) is 6.92 Å². The molecule has 0 saturated heterocycles. The molecule has 0 fully saturated rings. The monoisotopic (exact) mass is 217 g/mol. The molecule has 0 aliphatic heterocycles. The number of aromatic hydroxyl groups is 1. The second kappa shape index (κ2) is 4.06. The van der Waals surface area contributed by atoms with Gasteiger partial charge in [0.15, 0.2) is 0 Å². The number of benzene rings is 1. The first-order chi connectivity index (χ1) is 7.65. The molecule has 0 bridgehead atoms. The highest BCUT2D eigenvalue weighted by Gasteiger charge is 2.00. The second-order valence-corrected chi connectivity index (χ2v) is 3.40. The summed E-state index contributed by atoms with van der Waals surface area (Å²) < 4.78 is 0. The van der Waals surface area contributed by atoms with E-state index in [1.54, 1.807) is 25.1 Å². The molecule has 0 unspecified atom stereocenters. The van der Waals surface area contributed by atoms with Crippen LogP contribution in [0.3, 0.4) is 0 Å². The summed E-state index contributed by atoms with van der Waals surface area (Å²) in [6, 6.07) is 6.71. The Bertz CT molecular complexity index is 563. The van der Waals surface area contributed by atoms with Gasteiger partial charge in [-0.3, -0.25) is 0 Å². The Morgan fingerprint density at radius 3 is 2.94 bits per heavy atom. The van der Waals surface area contributed by atoms with Gasteiger partial charge in [0, 0.05) is 17.4 Å². The van der Waals surface area contributed by atoms with E-state index in [0.29, 0.717) is 11.4 Å².